The summed E-state index contributed by atoms with van der Waals surface area (Å²) in [6.45, 7) is 2.03. The van der Waals surface area contributed by atoms with E-state index >= 15 is 0 Å². The van der Waals surface area contributed by atoms with Crippen LogP contribution in [0.5, 0.6) is 0 Å². The van der Waals surface area contributed by atoms with Crippen molar-refractivity contribution in [2.45, 2.75) is 11.8 Å². The van der Waals surface area contributed by atoms with Crippen molar-refractivity contribution in [3.8, 4) is 12.3 Å². The molecule has 3 heteroatoms. The van der Waals surface area contributed by atoms with Crippen LogP contribution in [0.15, 0.2) is 52.9 Å². The van der Waals surface area contributed by atoms with Gasteiger partial charge in [-0.3, -0.25) is 0 Å². The van der Waals surface area contributed by atoms with E-state index in [1.165, 1.54) is 0 Å². The van der Waals surface area contributed by atoms with Crippen molar-refractivity contribution in [3.05, 3.63) is 69.8 Å². The molecule has 0 aliphatic heterocycles. The SMILES string of the molecule is C#CC1=C(C)C(=Cc2ccc([S+](C)[O-])cc2)c2ccc(Cl)cc21. The van der Waals surface area contributed by atoms with Crippen LogP contribution in [-0.4, -0.2) is 10.8 Å². The van der Waals surface area contributed by atoms with E-state index in [-0.39, 0.29) is 0 Å². The van der Waals surface area contributed by atoms with E-state index in [1.807, 2.05) is 49.4 Å². The molecule has 0 spiro atoms. The first-order chi connectivity index (χ1) is 11.0. The smallest absolute Gasteiger partial charge is 0.152 e. The molecule has 1 atom stereocenters. The minimum Gasteiger partial charge on any atom is -0.612 e. The Morgan fingerprint density at radius 2 is 1.83 bits per heavy atom. The molecule has 23 heavy (non-hydrogen) atoms. The normalized spacial score (nSPS) is 16.4. The molecule has 0 N–H and O–H groups in total. The Bertz CT molecular complexity index is 868. The van der Waals surface area contributed by atoms with E-state index in [9.17, 15) is 4.55 Å². The van der Waals surface area contributed by atoms with Crippen molar-refractivity contribution >= 4 is 40.0 Å². The molecular formula is C20H15ClOS. The molecule has 0 fully saturated rings. The van der Waals surface area contributed by atoms with Crippen LogP contribution in [0.2, 0.25) is 5.02 Å². The van der Waals surface area contributed by atoms with Gasteiger partial charge >= 0.3 is 0 Å². The first-order valence-corrected chi connectivity index (χ1v) is 9.08. The molecular weight excluding hydrogens is 324 g/mol. The molecule has 0 radical (unpaired) electrons. The first-order valence-electron chi connectivity index (χ1n) is 7.14. The van der Waals surface area contributed by atoms with Gasteiger partial charge in [0.1, 0.15) is 6.26 Å². The number of benzene rings is 2. The van der Waals surface area contributed by atoms with Crippen LogP contribution in [0.1, 0.15) is 23.6 Å². The van der Waals surface area contributed by atoms with Gasteiger partial charge in [0.25, 0.3) is 0 Å². The Kier molecular flexibility index (Phi) is 4.37. The van der Waals surface area contributed by atoms with Crippen LogP contribution in [0, 0.1) is 12.3 Å². The van der Waals surface area contributed by atoms with Crippen LogP contribution in [0.4, 0.5) is 0 Å². The molecule has 2 aromatic carbocycles. The van der Waals surface area contributed by atoms with Gasteiger partial charge in [-0.2, -0.15) is 0 Å². The zero-order valence-corrected chi connectivity index (χ0v) is 14.5. The minimum atomic E-state index is -0.965. The van der Waals surface area contributed by atoms with Gasteiger partial charge in [0, 0.05) is 10.6 Å². The van der Waals surface area contributed by atoms with Gasteiger partial charge < -0.3 is 4.55 Å². The molecule has 0 amide bonds. The fourth-order valence-electron chi connectivity index (χ4n) is 2.79. The summed E-state index contributed by atoms with van der Waals surface area (Å²) in [6.07, 6.45) is 9.47. The van der Waals surface area contributed by atoms with Gasteiger partial charge in [0.15, 0.2) is 4.90 Å². The van der Waals surface area contributed by atoms with Crippen molar-refractivity contribution in [1.82, 2.24) is 0 Å². The van der Waals surface area contributed by atoms with E-state index in [0.717, 1.165) is 38.3 Å². The lowest BCUT2D eigenvalue weighted by atomic mass is 10.0. The third-order valence-electron chi connectivity index (χ3n) is 3.99. The summed E-state index contributed by atoms with van der Waals surface area (Å²) in [7, 11) is 0. The maximum atomic E-state index is 11.5. The molecule has 1 nitrogen and oxygen atoms in total. The molecule has 1 unspecified atom stereocenters. The van der Waals surface area contributed by atoms with Gasteiger partial charge in [-0.15, -0.1) is 6.42 Å². The Morgan fingerprint density at radius 3 is 2.43 bits per heavy atom. The van der Waals surface area contributed by atoms with Gasteiger partial charge in [-0.05, 0) is 88.4 Å². The molecule has 0 heterocycles. The quantitative estimate of drug-likeness (QED) is 0.555. The zero-order valence-electron chi connectivity index (χ0n) is 12.9. The zero-order chi connectivity index (χ0) is 16.6. The summed E-state index contributed by atoms with van der Waals surface area (Å²) >= 11 is 5.14. The molecule has 0 saturated heterocycles. The molecule has 0 bridgehead atoms. The average molecular weight is 339 g/mol. The predicted octanol–water partition coefficient (Wildman–Crippen LogP) is 5.04. The second-order valence-electron chi connectivity index (χ2n) is 5.42. The Balaban J connectivity index is 2.10. The van der Waals surface area contributed by atoms with Crippen LogP contribution >= 0.6 is 11.6 Å². The predicted molar refractivity (Wildman–Crippen MR) is 99.5 cm³/mol. The van der Waals surface area contributed by atoms with Crippen molar-refractivity contribution in [3.63, 3.8) is 0 Å². The van der Waals surface area contributed by atoms with Crippen LogP contribution < -0.4 is 0 Å². The highest BCUT2D eigenvalue weighted by atomic mass is 35.5. The van der Waals surface area contributed by atoms with Crippen molar-refractivity contribution < 1.29 is 4.55 Å². The van der Waals surface area contributed by atoms with Crippen molar-refractivity contribution in [2.24, 2.45) is 0 Å². The van der Waals surface area contributed by atoms with E-state index in [1.54, 1.807) is 6.26 Å². The summed E-state index contributed by atoms with van der Waals surface area (Å²) in [5, 5.41) is 0.681. The standard InChI is InChI=1S/C20H15ClOS/c1-4-17-13(2)19(18-10-7-15(21)12-20(17)18)11-14-5-8-16(9-6-14)23(3)22/h1,5-12H,2-3H3. The summed E-state index contributed by atoms with van der Waals surface area (Å²) < 4.78 is 11.5. The molecule has 0 saturated carbocycles. The Labute approximate surface area is 144 Å². The van der Waals surface area contributed by atoms with E-state index < -0.39 is 11.2 Å². The molecule has 3 rings (SSSR count). The fourth-order valence-corrected chi connectivity index (χ4v) is 3.48. The number of rotatable bonds is 2. The van der Waals surface area contributed by atoms with Gasteiger partial charge in [-0.25, -0.2) is 0 Å². The van der Waals surface area contributed by atoms with E-state index in [0.29, 0.717) is 5.02 Å². The number of fused-ring (bicyclic) bond motifs is 1. The molecule has 114 valence electrons. The summed E-state index contributed by atoms with van der Waals surface area (Å²) in [5.74, 6) is 2.78. The van der Waals surface area contributed by atoms with Crippen molar-refractivity contribution in [2.75, 3.05) is 6.26 Å². The number of terminal acetylenes is 1. The van der Waals surface area contributed by atoms with E-state index in [2.05, 4.69) is 12.0 Å². The maximum Gasteiger partial charge on any atom is 0.152 e. The maximum absolute atomic E-state index is 11.5. The molecule has 2 aromatic rings. The number of hydrogen-bond donors (Lipinski definition) is 0. The van der Waals surface area contributed by atoms with Gasteiger partial charge in [0.05, 0.1) is 0 Å². The van der Waals surface area contributed by atoms with Gasteiger partial charge in [0.2, 0.25) is 0 Å². The van der Waals surface area contributed by atoms with Crippen LogP contribution in [0.3, 0.4) is 0 Å². The largest absolute Gasteiger partial charge is 0.612 e. The first kappa shape index (κ1) is 16.0. The van der Waals surface area contributed by atoms with Crippen molar-refractivity contribution in [1.29, 1.82) is 0 Å². The topological polar surface area (TPSA) is 23.1 Å². The summed E-state index contributed by atoms with van der Waals surface area (Å²) in [6, 6.07) is 13.5. The molecule has 0 aromatic heterocycles. The highest BCUT2D eigenvalue weighted by Gasteiger charge is 2.22. The second kappa shape index (κ2) is 6.29. The highest BCUT2D eigenvalue weighted by Crippen LogP contribution is 2.42. The van der Waals surface area contributed by atoms with Gasteiger partial charge in [-0.1, -0.05) is 23.6 Å². The Morgan fingerprint density at radius 1 is 1.13 bits per heavy atom. The number of allylic oxidation sites excluding steroid dienone is 3. The minimum absolute atomic E-state index is 0.681. The monoisotopic (exact) mass is 338 g/mol. The Hall–Kier alpha value is -1.92. The average Bonchev–Trinajstić information content (AvgIpc) is 2.79. The number of hydrogen-bond acceptors (Lipinski definition) is 1. The fraction of sp³-hybridized carbons (Fsp3) is 0.100. The molecule has 1 aliphatic rings. The lowest BCUT2D eigenvalue weighted by molar-refractivity contribution is 0.601. The summed E-state index contributed by atoms with van der Waals surface area (Å²) in [4.78, 5) is 0.822. The highest BCUT2D eigenvalue weighted by molar-refractivity contribution is 7.90. The van der Waals surface area contributed by atoms with E-state index in [4.69, 9.17) is 18.0 Å². The third kappa shape index (κ3) is 2.96. The third-order valence-corrected chi connectivity index (χ3v) is 5.16. The summed E-state index contributed by atoms with van der Waals surface area (Å²) in [5.41, 5.74) is 6.23. The van der Waals surface area contributed by atoms with Crippen LogP contribution in [-0.2, 0) is 11.2 Å². The van der Waals surface area contributed by atoms with Crippen LogP contribution in [0.25, 0.3) is 17.2 Å². The lowest BCUT2D eigenvalue weighted by Crippen LogP contribution is -1.96. The second-order valence-corrected chi connectivity index (χ2v) is 7.23. The number of halogens is 1. The molecule has 1 aliphatic carbocycles. The lowest BCUT2D eigenvalue weighted by Gasteiger charge is -2.06.